The van der Waals surface area contributed by atoms with Gasteiger partial charge in [-0.3, -0.25) is 0 Å². The predicted octanol–water partition coefficient (Wildman–Crippen LogP) is 4.33. The zero-order valence-electron chi connectivity index (χ0n) is 10.6. The molecule has 1 aliphatic rings. The van der Waals surface area contributed by atoms with E-state index in [0.717, 1.165) is 10.9 Å². The van der Waals surface area contributed by atoms with Crippen LogP contribution in [0, 0.1) is 0 Å². The number of hydrogen-bond donors (Lipinski definition) is 0. The highest BCUT2D eigenvalue weighted by atomic mass is 35.5. The van der Waals surface area contributed by atoms with Crippen molar-refractivity contribution in [3.05, 3.63) is 46.6 Å². The Balaban J connectivity index is 1.97. The van der Waals surface area contributed by atoms with Gasteiger partial charge < -0.3 is 9.47 Å². The van der Waals surface area contributed by atoms with Gasteiger partial charge in [-0.15, -0.1) is 0 Å². The van der Waals surface area contributed by atoms with E-state index >= 15 is 0 Å². The summed E-state index contributed by atoms with van der Waals surface area (Å²) in [4.78, 5) is 8.86. The van der Waals surface area contributed by atoms with E-state index in [-0.39, 0.29) is 6.79 Å². The largest absolute Gasteiger partial charge is 0.454 e. The van der Waals surface area contributed by atoms with Crippen LogP contribution >= 0.6 is 23.2 Å². The second kappa shape index (κ2) is 4.76. The maximum absolute atomic E-state index is 6.28. The summed E-state index contributed by atoms with van der Waals surface area (Å²) in [5.74, 6) is 1.79. The molecule has 6 heteroatoms. The highest BCUT2D eigenvalue weighted by Crippen LogP contribution is 2.38. The Morgan fingerprint density at radius 1 is 0.952 bits per heavy atom. The molecule has 0 bridgehead atoms. The lowest BCUT2D eigenvalue weighted by Crippen LogP contribution is -1.93. The summed E-state index contributed by atoms with van der Waals surface area (Å²) in [7, 11) is 0. The van der Waals surface area contributed by atoms with Crippen molar-refractivity contribution in [1.82, 2.24) is 9.97 Å². The summed E-state index contributed by atoms with van der Waals surface area (Å²) < 4.78 is 10.7. The second-order valence-electron chi connectivity index (χ2n) is 4.54. The molecule has 2 heterocycles. The molecule has 4 nitrogen and oxygen atoms in total. The molecule has 0 amide bonds. The summed E-state index contributed by atoms with van der Waals surface area (Å²) in [6.45, 7) is 0.202. The number of fused-ring (bicyclic) bond motifs is 2. The van der Waals surface area contributed by atoms with Crippen LogP contribution < -0.4 is 9.47 Å². The van der Waals surface area contributed by atoms with Gasteiger partial charge in [-0.2, -0.15) is 0 Å². The van der Waals surface area contributed by atoms with Crippen molar-refractivity contribution >= 4 is 34.1 Å². The molecule has 0 fully saturated rings. The minimum absolute atomic E-state index is 0.202. The number of rotatable bonds is 1. The number of halogens is 2. The molecule has 0 saturated carbocycles. The third kappa shape index (κ3) is 2.07. The molecule has 0 spiro atoms. The summed E-state index contributed by atoms with van der Waals surface area (Å²) in [6.07, 6.45) is 0. The van der Waals surface area contributed by atoms with Crippen LogP contribution in [0.25, 0.3) is 22.3 Å². The van der Waals surface area contributed by atoms with Crippen LogP contribution in [0.2, 0.25) is 10.2 Å². The van der Waals surface area contributed by atoms with Gasteiger partial charge in [-0.05, 0) is 18.2 Å². The van der Waals surface area contributed by atoms with Crippen molar-refractivity contribution in [1.29, 1.82) is 0 Å². The molecule has 0 aliphatic carbocycles. The summed E-state index contributed by atoms with van der Waals surface area (Å²) in [6, 6.07) is 11.0. The van der Waals surface area contributed by atoms with Crippen LogP contribution in [0.5, 0.6) is 11.5 Å². The summed E-state index contributed by atoms with van der Waals surface area (Å²) in [5.41, 5.74) is 1.43. The van der Waals surface area contributed by atoms with Gasteiger partial charge >= 0.3 is 0 Å². The van der Waals surface area contributed by atoms with E-state index in [2.05, 4.69) is 9.97 Å². The molecule has 0 radical (unpaired) electrons. The van der Waals surface area contributed by atoms with E-state index in [9.17, 15) is 0 Å². The van der Waals surface area contributed by atoms with Gasteiger partial charge in [0.2, 0.25) is 6.79 Å². The lowest BCUT2D eigenvalue weighted by atomic mass is 10.2. The Morgan fingerprint density at radius 2 is 1.71 bits per heavy atom. The van der Waals surface area contributed by atoms with Crippen LogP contribution in [0.4, 0.5) is 0 Å². The van der Waals surface area contributed by atoms with Crippen LogP contribution in [0.3, 0.4) is 0 Å². The van der Waals surface area contributed by atoms with Gasteiger partial charge in [0.25, 0.3) is 0 Å². The number of nitrogens with zero attached hydrogens (tertiary/aromatic N) is 2. The summed E-state index contributed by atoms with van der Waals surface area (Å²) >= 11 is 12.5. The first-order chi connectivity index (χ1) is 10.2. The molecule has 4 rings (SSSR count). The van der Waals surface area contributed by atoms with Gasteiger partial charge in [0, 0.05) is 17.0 Å². The average Bonchev–Trinajstić information content (AvgIpc) is 2.93. The van der Waals surface area contributed by atoms with Crippen molar-refractivity contribution in [2.24, 2.45) is 0 Å². The Morgan fingerprint density at radius 3 is 2.52 bits per heavy atom. The Kier molecular flexibility index (Phi) is 2.87. The zero-order valence-corrected chi connectivity index (χ0v) is 12.1. The molecule has 0 unspecified atom stereocenters. The minimum atomic E-state index is 0.202. The van der Waals surface area contributed by atoms with Crippen molar-refractivity contribution in [2.75, 3.05) is 6.79 Å². The maximum Gasteiger partial charge on any atom is 0.231 e. The number of benzene rings is 2. The molecule has 1 aromatic heterocycles. The molecule has 0 saturated heterocycles. The molecule has 2 aromatic carbocycles. The first kappa shape index (κ1) is 12.7. The maximum atomic E-state index is 6.28. The highest BCUT2D eigenvalue weighted by molar-refractivity contribution is 6.35. The fraction of sp³-hybridized carbons (Fsp3) is 0.0667. The highest BCUT2D eigenvalue weighted by Gasteiger charge is 2.18. The number of aromatic nitrogens is 2. The topological polar surface area (TPSA) is 44.2 Å². The van der Waals surface area contributed by atoms with Gasteiger partial charge in [0.05, 0.1) is 10.5 Å². The Bertz CT molecular complexity index is 868. The predicted molar refractivity (Wildman–Crippen MR) is 81.1 cm³/mol. The van der Waals surface area contributed by atoms with Crippen LogP contribution in [-0.4, -0.2) is 16.8 Å². The molecule has 0 atom stereocenters. The lowest BCUT2D eigenvalue weighted by molar-refractivity contribution is 0.174. The zero-order chi connectivity index (χ0) is 14.4. The molecule has 1 aliphatic heterocycles. The van der Waals surface area contributed by atoms with Crippen molar-refractivity contribution in [3.8, 4) is 22.9 Å². The standard InChI is InChI=1S/C15H8Cl2N2O2/c16-10-4-2-1-3-8(10)15-18-11-6-13-12(20-7-21-13)5-9(11)14(17)19-15/h1-6H,7H2. The van der Waals surface area contributed by atoms with E-state index in [1.807, 2.05) is 18.2 Å². The summed E-state index contributed by atoms with van der Waals surface area (Å²) in [5, 5.41) is 1.65. The molecule has 21 heavy (non-hydrogen) atoms. The van der Waals surface area contributed by atoms with Gasteiger partial charge in [-0.1, -0.05) is 35.3 Å². The Labute approximate surface area is 130 Å². The monoisotopic (exact) mass is 318 g/mol. The van der Waals surface area contributed by atoms with Gasteiger partial charge in [-0.25, -0.2) is 9.97 Å². The third-order valence-corrected chi connectivity index (χ3v) is 3.88. The second-order valence-corrected chi connectivity index (χ2v) is 5.31. The fourth-order valence-corrected chi connectivity index (χ4v) is 2.70. The number of hydrogen-bond acceptors (Lipinski definition) is 4. The first-order valence-electron chi connectivity index (χ1n) is 6.24. The minimum Gasteiger partial charge on any atom is -0.454 e. The third-order valence-electron chi connectivity index (χ3n) is 3.26. The molecular formula is C15H8Cl2N2O2. The van der Waals surface area contributed by atoms with E-state index in [1.165, 1.54) is 0 Å². The van der Waals surface area contributed by atoms with Crippen molar-refractivity contribution in [2.45, 2.75) is 0 Å². The molecular weight excluding hydrogens is 311 g/mol. The van der Waals surface area contributed by atoms with Crippen LogP contribution in [0.15, 0.2) is 36.4 Å². The van der Waals surface area contributed by atoms with E-state index < -0.39 is 0 Å². The normalized spacial score (nSPS) is 12.9. The lowest BCUT2D eigenvalue weighted by Gasteiger charge is -2.07. The van der Waals surface area contributed by atoms with Crippen molar-refractivity contribution < 1.29 is 9.47 Å². The van der Waals surface area contributed by atoms with Gasteiger partial charge in [0.15, 0.2) is 17.3 Å². The van der Waals surface area contributed by atoms with Crippen LogP contribution in [0.1, 0.15) is 0 Å². The molecule has 3 aromatic rings. The van der Waals surface area contributed by atoms with E-state index in [0.29, 0.717) is 33.0 Å². The van der Waals surface area contributed by atoms with E-state index in [4.69, 9.17) is 32.7 Å². The fourth-order valence-electron chi connectivity index (χ4n) is 2.24. The Hall–Kier alpha value is -2.04. The molecule has 0 N–H and O–H groups in total. The quantitative estimate of drug-likeness (QED) is 0.626. The SMILES string of the molecule is Clc1ccccc1-c1nc(Cl)c2cc3c(cc2n1)OCO3. The van der Waals surface area contributed by atoms with Gasteiger partial charge in [0.1, 0.15) is 5.15 Å². The average molecular weight is 319 g/mol. The van der Waals surface area contributed by atoms with E-state index in [1.54, 1.807) is 18.2 Å². The molecule has 104 valence electrons. The van der Waals surface area contributed by atoms with Crippen LogP contribution in [-0.2, 0) is 0 Å². The van der Waals surface area contributed by atoms with Crippen molar-refractivity contribution in [3.63, 3.8) is 0 Å². The first-order valence-corrected chi connectivity index (χ1v) is 7.00. The number of ether oxygens (including phenoxy) is 2. The smallest absolute Gasteiger partial charge is 0.231 e.